The minimum atomic E-state index is -0.971. The van der Waals surface area contributed by atoms with Gasteiger partial charge in [0.25, 0.3) is 0 Å². The van der Waals surface area contributed by atoms with Gasteiger partial charge in [-0.25, -0.2) is 28.6 Å². The highest BCUT2D eigenvalue weighted by Crippen LogP contribution is 2.40. The molecule has 4 rings (SSSR count). The topological polar surface area (TPSA) is 34.1 Å². The van der Waals surface area contributed by atoms with Gasteiger partial charge in [-0.1, -0.05) is 18.5 Å². The van der Waals surface area contributed by atoms with Crippen molar-refractivity contribution < 1.29 is 13.2 Å². The summed E-state index contributed by atoms with van der Waals surface area (Å²) in [6.45, 7) is 3.95. The Hall–Kier alpha value is -1.93. The summed E-state index contributed by atoms with van der Waals surface area (Å²) in [6, 6.07) is 1.36. The molecule has 5 nitrogen and oxygen atoms in total. The molecule has 1 saturated heterocycles. The van der Waals surface area contributed by atoms with E-state index < -0.39 is 23.0 Å². The predicted octanol–water partition coefficient (Wildman–Crippen LogP) is 2.76. The first-order valence-electron chi connectivity index (χ1n) is 8.47. The van der Waals surface area contributed by atoms with Gasteiger partial charge >= 0.3 is 0 Å². The minimum Gasteiger partial charge on any atom is -0.356 e. The first-order chi connectivity index (χ1) is 12.4. The molecule has 26 heavy (non-hydrogen) atoms. The van der Waals surface area contributed by atoms with E-state index in [-0.39, 0.29) is 11.1 Å². The summed E-state index contributed by atoms with van der Waals surface area (Å²) in [5.41, 5.74) is 2.23. The van der Waals surface area contributed by atoms with Crippen molar-refractivity contribution in [3.8, 4) is 0 Å². The van der Waals surface area contributed by atoms with E-state index in [4.69, 9.17) is 11.6 Å². The molecule has 2 unspecified atom stereocenters. The van der Waals surface area contributed by atoms with E-state index in [0.29, 0.717) is 36.5 Å². The van der Waals surface area contributed by atoms with Crippen molar-refractivity contribution in [2.75, 3.05) is 26.8 Å². The number of rotatable bonds is 2. The number of hydrogen-bond donors (Lipinski definition) is 1. The van der Waals surface area contributed by atoms with Crippen LogP contribution in [0.4, 0.5) is 13.2 Å². The van der Waals surface area contributed by atoms with Gasteiger partial charge in [-0.3, -0.25) is 0 Å². The number of guanidine groups is 1. The molecule has 0 bridgehead atoms. The smallest absolute Gasteiger partial charge is 0.220 e. The fourth-order valence-electron chi connectivity index (χ4n) is 3.75. The van der Waals surface area contributed by atoms with Gasteiger partial charge in [-0.15, -0.1) is 0 Å². The highest BCUT2D eigenvalue weighted by molar-refractivity contribution is 6.28. The van der Waals surface area contributed by atoms with Crippen LogP contribution in [0.15, 0.2) is 22.9 Å². The van der Waals surface area contributed by atoms with Crippen LogP contribution < -0.4 is 5.43 Å². The number of halogens is 4. The van der Waals surface area contributed by atoms with E-state index in [0.717, 1.165) is 19.5 Å². The summed E-state index contributed by atoms with van der Waals surface area (Å²) in [5.74, 6) is -1.29. The third-order valence-electron chi connectivity index (χ3n) is 5.00. The van der Waals surface area contributed by atoms with Gasteiger partial charge in [-0.05, 0) is 12.3 Å². The number of likely N-dealkylation sites (N-methyl/N-ethyl adjacent to an activating group) is 1. The van der Waals surface area contributed by atoms with Crippen molar-refractivity contribution in [3.63, 3.8) is 0 Å². The van der Waals surface area contributed by atoms with E-state index in [1.165, 1.54) is 0 Å². The van der Waals surface area contributed by atoms with E-state index in [9.17, 15) is 13.2 Å². The number of hydrazine groups is 1. The fourth-order valence-corrected chi connectivity index (χ4v) is 4.04. The summed E-state index contributed by atoms with van der Waals surface area (Å²) in [7, 11) is 1.71. The van der Waals surface area contributed by atoms with Gasteiger partial charge in [-0.2, -0.15) is 0 Å². The number of hydrogen-bond acceptors (Lipinski definition) is 5. The number of nitrogens with zero attached hydrogens (tertiary/aromatic N) is 4. The largest absolute Gasteiger partial charge is 0.356 e. The molecule has 3 aliphatic rings. The van der Waals surface area contributed by atoms with Crippen LogP contribution in [-0.2, 0) is 0 Å². The zero-order chi connectivity index (χ0) is 18.6. The van der Waals surface area contributed by atoms with Crippen LogP contribution in [0, 0.1) is 23.4 Å². The van der Waals surface area contributed by atoms with Crippen LogP contribution in [0.1, 0.15) is 18.9 Å². The van der Waals surface area contributed by atoms with Gasteiger partial charge < -0.3 is 9.80 Å². The molecule has 1 fully saturated rings. The number of alkyl halides is 1. The number of benzene rings is 1. The van der Waals surface area contributed by atoms with Gasteiger partial charge in [0.05, 0.1) is 5.56 Å². The lowest BCUT2D eigenvalue weighted by molar-refractivity contribution is 0.237. The molecule has 0 aromatic heterocycles. The average molecular weight is 386 g/mol. The Kier molecular flexibility index (Phi) is 4.27. The third kappa shape index (κ3) is 2.63. The van der Waals surface area contributed by atoms with Crippen molar-refractivity contribution in [3.05, 3.63) is 41.0 Å². The molecule has 0 amide bonds. The highest BCUT2D eigenvalue weighted by atomic mass is 35.5. The summed E-state index contributed by atoms with van der Waals surface area (Å²) >= 11 is 6.61. The molecule has 0 radical (unpaired) electrons. The second kappa shape index (κ2) is 6.35. The van der Waals surface area contributed by atoms with Gasteiger partial charge in [0.1, 0.15) is 35.4 Å². The number of fused-ring (bicyclic) bond motifs is 1. The molecule has 9 heteroatoms. The minimum absolute atomic E-state index is 0.270. The fraction of sp³-hybridized carbons (Fsp3) is 0.471. The zero-order valence-electron chi connectivity index (χ0n) is 14.4. The summed E-state index contributed by atoms with van der Waals surface area (Å²) < 4.78 is 42.6. The average Bonchev–Trinajstić information content (AvgIpc) is 3.20. The summed E-state index contributed by atoms with van der Waals surface area (Å²) in [6.07, 6.45) is 0.967. The highest BCUT2D eigenvalue weighted by Gasteiger charge is 2.43. The third-order valence-corrected chi connectivity index (χ3v) is 5.51. The molecule has 1 aromatic rings. The van der Waals surface area contributed by atoms with Crippen molar-refractivity contribution in [2.24, 2.45) is 10.9 Å². The van der Waals surface area contributed by atoms with Crippen molar-refractivity contribution in [1.82, 2.24) is 20.2 Å². The lowest BCUT2D eigenvalue weighted by atomic mass is 10.0. The number of nitrogens with one attached hydrogen (secondary N) is 1. The molecule has 0 spiro atoms. The van der Waals surface area contributed by atoms with Crippen LogP contribution in [-0.4, -0.2) is 53.1 Å². The van der Waals surface area contributed by atoms with Crippen LogP contribution in [0.5, 0.6) is 0 Å². The number of aliphatic imine (C=N–C) groups is 1. The maximum Gasteiger partial charge on any atom is 0.220 e. The first-order valence-corrected chi connectivity index (χ1v) is 8.91. The normalized spacial score (nSPS) is 25.9. The van der Waals surface area contributed by atoms with E-state index >= 15 is 0 Å². The monoisotopic (exact) mass is 385 g/mol. The van der Waals surface area contributed by atoms with E-state index in [2.05, 4.69) is 22.2 Å². The molecule has 140 valence electrons. The van der Waals surface area contributed by atoms with Crippen LogP contribution in [0.2, 0.25) is 0 Å². The van der Waals surface area contributed by atoms with E-state index in [1.54, 1.807) is 17.0 Å². The van der Waals surface area contributed by atoms with E-state index in [1.807, 2.05) is 0 Å². The Morgan fingerprint density at radius 3 is 2.54 bits per heavy atom. The molecular formula is C17H19ClF3N5. The van der Waals surface area contributed by atoms with Crippen LogP contribution in [0.3, 0.4) is 0 Å². The van der Waals surface area contributed by atoms with Crippen LogP contribution >= 0.6 is 11.6 Å². The zero-order valence-corrected chi connectivity index (χ0v) is 15.2. The lowest BCUT2D eigenvalue weighted by Gasteiger charge is -2.43. The van der Waals surface area contributed by atoms with Gasteiger partial charge in [0.15, 0.2) is 0 Å². The predicted molar refractivity (Wildman–Crippen MR) is 93.3 cm³/mol. The first kappa shape index (κ1) is 17.5. The van der Waals surface area contributed by atoms with Crippen molar-refractivity contribution in [1.29, 1.82) is 0 Å². The second-order valence-corrected chi connectivity index (χ2v) is 7.29. The Bertz CT molecular complexity index is 789. The summed E-state index contributed by atoms with van der Waals surface area (Å²) in [5, 5.41) is 1.72. The Labute approximate surface area is 154 Å². The van der Waals surface area contributed by atoms with Crippen molar-refractivity contribution in [2.45, 2.75) is 18.8 Å². The molecule has 2 atom stereocenters. The number of likely N-dealkylation sites (tertiary alicyclic amines) is 1. The lowest BCUT2D eigenvalue weighted by Crippen LogP contribution is -2.55. The van der Waals surface area contributed by atoms with Crippen molar-refractivity contribution >= 4 is 23.1 Å². The Morgan fingerprint density at radius 2 is 1.92 bits per heavy atom. The van der Waals surface area contributed by atoms with Crippen LogP contribution in [0.25, 0.3) is 5.57 Å². The second-order valence-electron chi connectivity index (χ2n) is 6.88. The maximum absolute atomic E-state index is 14.6. The Morgan fingerprint density at radius 1 is 1.23 bits per heavy atom. The summed E-state index contributed by atoms with van der Waals surface area (Å²) in [4.78, 5) is 8.08. The molecule has 0 saturated carbocycles. The molecular weight excluding hydrogens is 367 g/mol. The molecule has 1 aromatic carbocycles. The Balaban J connectivity index is 1.95. The molecule has 3 aliphatic heterocycles. The SMILES string of the molecule is CC1CCN(C2=C(c3c(F)cc(F)cc3F)C(Cl)N(C)C3=NCNN32)C1. The quantitative estimate of drug-likeness (QED) is 0.627. The molecule has 1 N–H and O–H groups in total. The van der Waals surface area contributed by atoms with Gasteiger partial charge in [0, 0.05) is 37.8 Å². The van der Waals surface area contributed by atoms with Gasteiger partial charge in [0.2, 0.25) is 5.96 Å². The molecule has 3 heterocycles. The standard InChI is InChI=1S/C17H19ClF3N5/c1-9-3-4-25(7-9)16-14(13-11(20)5-10(19)6-12(13)21)15(18)24(2)17-22-8-23-26(16)17/h5-6,9,15,23H,3-4,7-8H2,1-2H3. The maximum atomic E-state index is 14.6. The molecule has 0 aliphatic carbocycles.